The van der Waals surface area contributed by atoms with Crippen LogP contribution < -0.4 is 21.1 Å². The molecule has 3 rings (SSSR count). The topological polar surface area (TPSA) is 111 Å². The SMILES string of the molecule is Cn1nc(Br)c(C(=O)NCC(=O)Nc2ccccc2Oc2ccccc2Cl)c1N. The number of hydrogen-bond acceptors (Lipinski definition) is 5. The van der Waals surface area contributed by atoms with Crippen LogP contribution in [0.5, 0.6) is 11.5 Å². The Kier molecular flexibility index (Phi) is 6.40. The average Bonchev–Trinajstić information content (AvgIpc) is 2.95. The maximum Gasteiger partial charge on any atom is 0.258 e. The lowest BCUT2D eigenvalue weighted by Crippen LogP contribution is -2.33. The first-order valence-corrected chi connectivity index (χ1v) is 9.61. The van der Waals surface area contributed by atoms with E-state index in [-0.39, 0.29) is 17.9 Å². The largest absolute Gasteiger partial charge is 0.454 e. The number of carbonyl (C=O) groups is 2. The van der Waals surface area contributed by atoms with Crippen molar-refractivity contribution in [3.8, 4) is 11.5 Å². The number of para-hydroxylation sites is 3. The first kappa shape index (κ1) is 20.7. The first-order chi connectivity index (χ1) is 13.9. The zero-order valence-corrected chi connectivity index (χ0v) is 17.6. The van der Waals surface area contributed by atoms with Gasteiger partial charge in [-0.15, -0.1) is 0 Å². The van der Waals surface area contributed by atoms with E-state index < -0.39 is 11.8 Å². The number of nitrogens with two attached hydrogens (primary N) is 1. The molecule has 0 atom stereocenters. The number of nitrogens with zero attached hydrogens (tertiary/aromatic N) is 2. The zero-order chi connectivity index (χ0) is 21.0. The molecule has 1 aromatic heterocycles. The number of rotatable bonds is 6. The van der Waals surface area contributed by atoms with Crippen molar-refractivity contribution in [3.05, 3.63) is 63.7 Å². The molecule has 8 nitrogen and oxygen atoms in total. The third-order valence-electron chi connectivity index (χ3n) is 3.90. The Labute approximate surface area is 180 Å². The molecule has 2 aromatic carbocycles. The molecule has 0 saturated heterocycles. The van der Waals surface area contributed by atoms with Crippen LogP contribution in [0.3, 0.4) is 0 Å². The van der Waals surface area contributed by atoms with Crippen LogP contribution in [0.15, 0.2) is 53.1 Å². The van der Waals surface area contributed by atoms with E-state index in [0.29, 0.717) is 26.8 Å². The summed E-state index contributed by atoms with van der Waals surface area (Å²) in [6.45, 7) is -0.264. The quantitative estimate of drug-likeness (QED) is 0.501. The molecular weight excluding hydrogens is 462 g/mol. The maximum absolute atomic E-state index is 12.3. The highest BCUT2D eigenvalue weighted by atomic mass is 79.9. The minimum atomic E-state index is -0.516. The van der Waals surface area contributed by atoms with E-state index in [0.717, 1.165) is 0 Å². The van der Waals surface area contributed by atoms with Crippen LogP contribution in [0.25, 0.3) is 0 Å². The smallest absolute Gasteiger partial charge is 0.258 e. The molecule has 29 heavy (non-hydrogen) atoms. The fraction of sp³-hybridized carbons (Fsp3) is 0.105. The Morgan fingerprint density at radius 2 is 1.83 bits per heavy atom. The zero-order valence-electron chi connectivity index (χ0n) is 15.3. The molecule has 0 saturated carbocycles. The summed E-state index contributed by atoms with van der Waals surface area (Å²) < 4.78 is 7.46. The van der Waals surface area contributed by atoms with Gasteiger partial charge in [-0.05, 0) is 40.2 Å². The first-order valence-electron chi connectivity index (χ1n) is 8.44. The molecule has 0 unspecified atom stereocenters. The van der Waals surface area contributed by atoms with Gasteiger partial charge in [0.15, 0.2) is 5.75 Å². The van der Waals surface area contributed by atoms with Crippen LogP contribution >= 0.6 is 27.5 Å². The van der Waals surface area contributed by atoms with Crippen molar-refractivity contribution in [2.75, 3.05) is 17.6 Å². The Morgan fingerprint density at radius 1 is 1.17 bits per heavy atom. The van der Waals surface area contributed by atoms with Gasteiger partial charge in [0.05, 0.1) is 17.3 Å². The summed E-state index contributed by atoms with van der Waals surface area (Å²) in [5, 5.41) is 9.67. The lowest BCUT2D eigenvalue weighted by atomic mass is 10.2. The average molecular weight is 479 g/mol. The normalized spacial score (nSPS) is 10.4. The molecule has 0 aliphatic heterocycles. The Hall–Kier alpha value is -3.04. The molecule has 0 spiro atoms. The van der Waals surface area contributed by atoms with E-state index in [9.17, 15) is 9.59 Å². The molecule has 3 aromatic rings. The van der Waals surface area contributed by atoms with Crippen LogP contribution in [0, 0.1) is 0 Å². The van der Waals surface area contributed by atoms with Gasteiger partial charge >= 0.3 is 0 Å². The van der Waals surface area contributed by atoms with Crippen LogP contribution in [-0.4, -0.2) is 28.1 Å². The van der Waals surface area contributed by atoms with Gasteiger partial charge in [-0.25, -0.2) is 0 Å². The van der Waals surface area contributed by atoms with Crippen molar-refractivity contribution < 1.29 is 14.3 Å². The number of hydrogen-bond donors (Lipinski definition) is 3. The van der Waals surface area contributed by atoms with Crippen LogP contribution in [-0.2, 0) is 11.8 Å². The van der Waals surface area contributed by atoms with E-state index in [4.69, 9.17) is 22.1 Å². The summed E-state index contributed by atoms with van der Waals surface area (Å²) in [6.07, 6.45) is 0. The van der Waals surface area contributed by atoms with E-state index >= 15 is 0 Å². The molecule has 0 aliphatic carbocycles. The summed E-state index contributed by atoms with van der Waals surface area (Å²) in [6, 6.07) is 13.9. The number of anilines is 2. The molecule has 2 amide bonds. The minimum absolute atomic E-state index is 0.169. The molecule has 1 heterocycles. The highest BCUT2D eigenvalue weighted by Crippen LogP contribution is 2.33. The summed E-state index contributed by atoms with van der Waals surface area (Å²) in [7, 11) is 1.61. The van der Waals surface area contributed by atoms with Gasteiger partial charge in [0.1, 0.15) is 21.7 Å². The van der Waals surface area contributed by atoms with Gasteiger partial charge in [-0.3, -0.25) is 14.3 Å². The molecule has 0 bridgehead atoms. The number of benzene rings is 2. The fourth-order valence-electron chi connectivity index (χ4n) is 2.46. The van der Waals surface area contributed by atoms with Crippen molar-refractivity contribution >= 4 is 50.9 Å². The van der Waals surface area contributed by atoms with Crippen LogP contribution in [0.2, 0.25) is 5.02 Å². The van der Waals surface area contributed by atoms with Gasteiger partial charge in [0.25, 0.3) is 5.91 Å². The predicted molar refractivity (Wildman–Crippen MR) is 114 cm³/mol. The number of ether oxygens (including phenoxy) is 1. The fourth-order valence-corrected chi connectivity index (χ4v) is 3.26. The monoisotopic (exact) mass is 477 g/mol. The van der Waals surface area contributed by atoms with Gasteiger partial charge in [-0.1, -0.05) is 35.9 Å². The van der Waals surface area contributed by atoms with Crippen molar-refractivity contribution in [3.63, 3.8) is 0 Å². The Bertz CT molecular complexity index is 1070. The minimum Gasteiger partial charge on any atom is -0.454 e. The second kappa shape index (κ2) is 8.97. The second-order valence-corrected chi connectivity index (χ2v) is 7.09. The summed E-state index contributed by atoms with van der Waals surface area (Å²) in [4.78, 5) is 24.6. The standard InChI is InChI=1S/C19H17BrClN5O3/c1-26-18(22)16(17(20)25-26)19(28)23-10-15(27)24-12-7-3-5-9-14(12)29-13-8-4-2-6-11(13)21/h2-9H,10,22H2,1H3,(H,23,28)(H,24,27). The molecule has 150 valence electrons. The van der Waals surface area contributed by atoms with Crippen molar-refractivity contribution in [1.82, 2.24) is 15.1 Å². The summed E-state index contributed by atoms with van der Waals surface area (Å²) in [5.74, 6) is 0.110. The number of amides is 2. The third kappa shape index (κ3) is 4.87. The number of nitrogen functional groups attached to an aromatic ring is 1. The van der Waals surface area contributed by atoms with E-state index in [1.54, 1.807) is 55.6 Å². The highest BCUT2D eigenvalue weighted by molar-refractivity contribution is 9.10. The highest BCUT2D eigenvalue weighted by Gasteiger charge is 2.20. The van der Waals surface area contributed by atoms with Crippen molar-refractivity contribution in [1.29, 1.82) is 0 Å². The second-order valence-electron chi connectivity index (χ2n) is 5.93. The van der Waals surface area contributed by atoms with E-state index in [1.165, 1.54) is 4.68 Å². The molecule has 0 aliphatic rings. The summed E-state index contributed by atoms with van der Waals surface area (Å²) >= 11 is 9.30. The van der Waals surface area contributed by atoms with Crippen molar-refractivity contribution in [2.45, 2.75) is 0 Å². The Balaban J connectivity index is 1.65. The van der Waals surface area contributed by atoms with E-state index in [1.807, 2.05) is 0 Å². The predicted octanol–water partition coefficient (Wildman–Crippen LogP) is 3.58. The number of halogens is 2. The van der Waals surface area contributed by atoms with Gasteiger partial charge in [-0.2, -0.15) is 5.10 Å². The maximum atomic E-state index is 12.3. The molecule has 4 N–H and O–H groups in total. The van der Waals surface area contributed by atoms with Crippen LogP contribution in [0.4, 0.5) is 11.5 Å². The number of aryl methyl sites for hydroxylation is 1. The van der Waals surface area contributed by atoms with Gasteiger partial charge in [0.2, 0.25) is 5.91 Å². The third-order valence-corrected chi connectivity index (χ3v) is 4.77. The molecule has 0 radical (unpaired) electrons. The molecular formula is C19H17BrClN5O3. The lowest BCUT2D eigenvalue weighted by molar-refractivity contribution is -0.115. The number of nitrogens with one attached hydrogen (secondary N) is 2. The van der Waals surface area contributed by atoms with Crippen LogP contribution in [0.1, 0.15) is 10.4 Å². The van der Waals surface area contributed by atoms with Crippen molar-refractivity contribution in [2.24, 2.45) is 7.05 Å². The van der Waals surface area contributed by atoms with Gasteiger partial charge < -0.3 is 21.1 Å². The molecule has 0 fully saturated rings. The number of carbonyl (C=O) groups excluding carboxylic acids is 2. The lowest BCUT2D eigenvalue weighted by Gasteiger charge is -2.13. The summed E-state index contributed by atoms with van der Waals surface area (Å²) in [5.41, 5.74) is 6.43. The number of aromatic nitrogens is 2. The van der Waals surface area contributed by atoms with Gasteiger partial charge in [0, 0.05) is 7.05 Å². The Morgan fingerprint density at radius 3 is 2.48 bits per heavy atom. The molecule has 10 heteroatoms. The van der Waals surface area contributed by atoms with E-state index in [2.05, 4.69) is 31.7 Å².